The highest BCUT2D eigenvalue weighted by atomic mass is 32.2. The second kappa shape index (κ2) is 8.94. The van der Waals surface area contributed by atoms with E-state index >= 15 is 0 Å². The molecule has 1 amide bonds. The van der Waals surface area contributed by atoms with Crippen LogP contribution in [0, 0.1) is 0 Å². The lowest BCUT2D eigenvalue weighted by Gasteiger charge is -2.28. The first kappa shape index (κ1) is 21.1. The van der Waals surface area contributed by atoms with Crippen LogP contribution in [-0.2, 0) is 21.1 Å². The highest BCUT2D eigenvalue weighted by molar-refractivity contribution is 7.91. The van der Waals surface area contributed by atoms with E-state index in [1.54, 1.807) is 36.3 Å². The zero-order chi connectivity index (χ0) is 21.8. The minimum Gasteiger partial charge on any atom is -0.497 e. The van der Waals surface area contributed by atoms with Gasteiger partial charge in [0.25, 0.3) is 0 Å². The molecule has 1 fully saturated rings. The van der Waals surface area contributed by atoms with Crippen LogP contribution in [0.5, 0.6) is 5.75 Å². The number of anilines is 1. The fourth-order valence-electron chi connectivity index (χ4n) is 3.99. The van der Waals surface area contributed by atoms with Gasteiger partial charge in [-0.3, -0.25) is 4.79 Å². The molecule has 0 unspecified atom stereocenters. The van der Waals surface area contributed by atoms with Gasteiger partial charge in [0, 0.05) is 5.69 Å². The standard InChI is InChI=1S/C25H25NO4S/c1-30-24-13-11-22(12-14-24)26(23-15-16-31(28,29)18-23)25(27)17-19-7-9-21(10-8-19)20-5-3-2-4-6-20/h2-14,23H,15-18H2,1H3/t23-/m0/s1. The molecule has 0 aromatic heterocycles. The van der Waals surface area contributed by atoms with Crippen LogP contribution in [0.2, 0.25) is 0 Å². The van der Waals surface area contributed by atoms with Gasteiger partial charge >= 0.3 is 0 Å². The molecule has 4 rings (SSSR count). The molecule has 1 heterocycles. The fraction of sp³-hybridized carbons (Fsp3) is 0.240. The minimum absolute atomic E-state index is 0.00227. The molecule has 0 N–H and O–H groups in total. The van der Waals surface area contributed by atoms with E-state index in [1.165, 1.54) is 0 Å². The number of carbonyl (C=O) groups excluding carboxylic acids is 1. The molecule has 6 heteroatoms. The maximum absolute atomic E-state index is 13.3. The predicted octanol–water partition coefficient (Wildman–Crippen LogP) is 4.13. The van der Waals surface area contributed by atoms with Crippen molar-refractivity contribution in [3.05, 3.63) is 84.4 Å². The zero-order valence-electron chi connectivity index (χ0n) is 17.4. The van der Waals surface area contributed by atoms with Gasteiger partial charge in [-0.1, -0.05) is 54.6 Å². The van der Waals surface area contributed by atoms with Gasteiger partial charge in [-0.05, 0) is 47.4 Å². The van der Waals surface area contributed by atoms with Gasteiger partial charge in [0.1, 0.15) is 5.75 Å². The fourth-order valence-corrected chi connectivity index (χ4v) is 5.69. The summed E-state index contributed by atoms with van der Waals surface area (Å²) in [5, 5.41) is 0. The van der Waals surface area contributed by atoms with Crippen LogP contribution in [0.15, 0.2) is 78.9 Å². The molecule has 3 aromatic carbocycles. The summed E-state index contributed by atoms with van der Waals surface area (Å²) in [4.78, 5) is 15.0. The van der Waals surface area contributed by atoms with Crippen molar-refractivity contribution in [2.45, 2.75) is 18.9 Å². The van der Waals surface area contributed by atoms with E-state index in [0.717, 1.165) is 16.7 Å². The van der Waals surface area contributed by atoms with Crippen LogP contribution in [0.25, 0.3) is 11.1 Å². The van der Waals surface area contributed by atoms with Crippen LogP contribution in [0.4, 0.5) is 5.69 Å². The van der Waals surface area contributed by atoms with E-state index in [-0.39, 0.29) is 29.9 Å². The molecule has 0 spiro atoms. The largest absolute Gasteiger partial charge is 0.497 e. The Morgan fingerprint density at radius 1 is 0.935 bits per heavy atom. The third-order valence-corrected chi connectivity index (χ3v) is 7.36. The van der Waals surface area contributed by atoms with Crippen LogP contribution < -0.4 is 9.64 Å². The SMILES string of the molecule is COc1ccc(N(C(=O)Cc2ccc(-c3ccccc3)cc2)[C@H]2CCS(=O)(=O)C2)cc1. The molecular formula is C25H25NO4S. The second-order valence-corrected chi connectivity index (χ2v) is 9.99. The lowest BCUT2D eigenvalue weighted by Crippen LogP contribution is -2.42. The molecule has 1 atom stereocenters. The highest BCUT2D eigenvalue weighted by Crippen LogP contribution is 2.28. The average molecular weight is 436 g/mol. The van der Waals surface area contributed by atoms with Gasteiger partial charge in [0.05, 0.1) is 31.1 Å². The Morgan fingerprint density at radius 2 is 1.58 bits per heavy atom. The van der Waals surface area contributed by atoms with Crippen LogP contribution >= 0.6 is 0 Å². The molecule has 1 aliphatic rings. The smallest absolute Gasteiger partial charge is 0.231 e. The number of ether oxygens (including phenoxy) is 1. The first-order valence-electron chi connectivity index (χ1n) is 10.3. The minimum atomic E-state index is -3.12. The van der Waals surface area contributed by atoms with Gasteiger partial charge in [0.2, 0.25) is 5.91 Å². The summed E-state index contributed by atoms with van der Waals surface area (Å²) in [6.07, 6.45) is 0.657. The number of amides is 1. The molecule has 1 aliphatic heterocycles. The summed E-state index contributed by atoms with van der Waals surface area (Å²) >= 11 is 0. The molecule has 0 saturated carbocycles. The van der Waals surface area contributed by atoms with Crippen molar-refractivity contribution in [2.75, 3.05) is 23.5 Å². The van der Waals surface area contributed by atoms with Crippen molar-refractivity contribution in [1.82, 2.24) is 0 Å². The number of rotatable bonds is 6. The van der Waals surface area contributed by atoms with Crippen molar-refractivity contribution in [1.29, 1.82) is 0 Å². The first-order chi connectivity index (χ1) is 14.9. The van der Waals surface area contributed by atoms with Gasteiger partial charge in [-0.15, -0.1) is 0 Å². The molecule has 31 heavy (non-hydrogen) atoms. The second-order valence-electron chi connectivity index (χ2n) is 7.76. The van der Waals surface area contributed by atoms with Gasteiger partial charge in [-0.2, -0.15) is 0 Å². The van der Waals surface area contributed by atoms with E-state index < -0.39 is 9.84 Å². The summed E-state index contributed by atoms with van der Waals surface area (Å²) in [5.74, 6) is 0.688. The molecule has 0 aliphatic carbocycles. The number of hydrogen-bond donors (Lipinski definition) is 0. The maximum Gasteiger partial charge on any atom is 0.231 e. The molecule has 1 saturated heterocycles. The van der Waals surface area contributed by atoms with Crippen LogP contribution in [0.1, 0.15) is 12.0 Å². The van der Waals surface area contributed by atoms with Crippen molar-refractivity contribution >= 4 is 21.4 Å². The third-order valence-electron chi connectivity index (χ3n) is 5.61. The number of hydrogen-bond acceptors (Lipinski definition) is 4. The maximum atomic E-state index is 13.3. The Hall–Kier alpha value is -3.12. The lowest BCUT2D eigenvalue weighted by atomic mass is 10.0. The van der Waals surface area contributed by atoms with E-state index in [1.807, 2.05) is 54.6 Å². The lowest BCUT2D eigenvalue weighted by molar-refractivity contribution is -0.118. The molecular weight excluding hydrogens is 410 g/mol. The summed E-state index contributed by atoms with van der Waals surface area (Å²) in [7, 11) is -1.54. The first-order valence-corrected chi connectivity index (χ1v) is 12.1. The van der Waals surface area contributed by atoms with E-state index in [0.29, 0.717) is 17.9 Å². The molecule has 0 radical (unpaired) electrons. The number of nitrogens with zero attached hydrogens (tertiary/aromatic N) is 1. The van der Waals surface area contributed by atoms with Crippen molar-refractivity contribution in [2.24, 2.45) is 0 Å². The Balaban J connectivity index is 1.56. The summed E-state index contributed by atoms with van der Waals surface area (Å²) < 4.78 is 29.4. The number of benzene rings is 3. The number of carbonyl (C=O) groups is 1. The van der Waals surface area contributed by atoms with Crippen LogP contribution in [-0.4, -0.2) is 39.0 Å². The van der Waals surface area contributed by atoms with E-state index in [2.05, 4.69) is 0 Å². The molecule has 5 nitrogen and oxygen atoms in total. The average Bonchev–Trinajstić information content (AvgIpc) is 3.14. The Morgan fingerprint density at radius 3 is 2.16 bits per heavy atom. The van der Waals surface area contributed by atoms with Crippen molar-refractivity contribution in [3.63, 3.8) is 0 Å². The van der Waals surface area contributed by atoms with Crippen molar-refractivity contribution < 1.29 is 17.9 Å². The highest BCUT2D eigenvalue weighted by Gasteiger charge is 2.35. The van der Waals surface area contributed by atoms with Crippen molar-refractivity contribution in [3.8, 4) is 16.9 Å². The van der Waals surface area contributed by atoms with E-state index in [9.17, 15) is 13.2 Å². The Labute approximate surface area is 183 Å². The Kier molecular flexibility index (Phi) is 6.09. The summed E-state index contributed by atoms with van der Waals surface area (Å²) in [6, 6.07) is 24.8. The van der Waals surface area contributed by atoms with Gasteiger partial charge in [-0.25, -0.2) is 8.42 Å². The van der Waals surface area contributed by atoms with Gasteiger partial charge < -0.3 is 9.64 Å². The number of sulfone groups is 1. The normalized spacial score (nSPS) is 17.3. The monoisotopic (exact) mass is 435 g/mol. The quantitative estimate of drug-likeness (QED) is 0.584. The number of methoxy groups -OCH3 is 1. The summed E-state index contributed by atoms with van der Waals surface area (Å²) in [5.41, 5.74) is 3.79. The molecule has 0 bridgehead atoms. The molecule has 160 valence electrons. The summed E-state index contributed by atoms with van der Waals surface area (Å²) in [6.45, 7) is 0. The third kappa shape index (κ3) is 4.97. The molecule has 3 aromatic rings. The zero-order valence-corrected chi connectivity index (χ0v) is 18.2. The predicted molar refractivity (Wildman–Crippen MR) is 123 cm³/mol. The topological polar surface area (TPSA) is 63.7 Å². The Bertz CT molecular complexity index is 1140. The van der Waals surface area contributed by atoms with E-state index in [4.69, 9.17) is 4.74 Å². The van der Waals surface area contributed by atoms with Gasteiger partial charge in [0.15, 0.2) is 9.84 Å². The van der Waals surface area contributed by atoms with Crippen LogP contribution in [0.3, 0.4) is 0 Å².